The second-order valence-corrected chi connectivity index (χ2v) is 4.42. The Morgan fingerprint density at radius 1 is 1.15 bits per heavy atom. The molecule has 0 aliphatic rings. The standard InChI is InChI=1S/C15H20N2O2.ClH/c1-4-5-8-17-10-13(16-11-17)12-6-7-14(18-2)15(9-12)19-3;/h6-7,9-11H,4-5,8H2,1-3H3;1H. The average Bonchev–Trinajstić information content (AvgIpc) is 2.93. The number of hydrogen-bond acceptors (Lipinski definition) is 3. The molecule has 110 valence electrons. The lowest BCUT2D eigenvalue weighted by Crippen LogP contribution is -1.93. The molecule has 0 bridgehead atoms. The van der Waals surface area contributed by atoms with Gasteiger partial charge < -0.3 is 14.0 Å². The number of unbranched alkanes of at least 4 members (excludes halogenated alkanes) is 1. The summed E-state index contributed by atoms with van der Waals surface area (Å²) in [5, 5.41) is 0. The summed E-state index contributed by atoms with van der Waals surface area (Å²) in [4.78, 5) is 4.44. The second kappa shape index (κ2) is 7.80. The topological polar surface area (TPSA) is 36.3 Å². The molecule has 1 heterocycles. The molecule has 4 nitrogen and oxygen atoms in total. The van der Waals surface area contributed by atoms with Crippen LogP contribution in [0.4, 0.5) is 0 Å². The van der Waals surface area contributed by atoms with Crippen molar-refractivity contribution >= 4 is 12.4 Å². The average molecular weight is 297 g/mol. The maximum absolute atomic E-state index is 5.31. The van der Waals surface area contributed by atoms with Gasteiger partial charge >= 0.3 is 0 Å². The Balaban J connectivity index is 0.00000200. The molecule has 1 aromatic heterocycles. The van der Waals surface area contributed by atoms with Crippen LogP contribution < -0.4 is 9.47 Å². The second-order valence-electron chi connectivity index (χ2n) is 4.42. The molecule has 0 unspecified atom stereocenters. The quantitative estimate of drug-likeness (QED) is 0.814. The number of hydrogen-bond donors (Lipinski definition) is 0. The first-order chi connectivity index (χ1) is 9.28. The highest BCUT2D eigenvalue weighted by atomic mass is 35.5. The molecule has 0 N–H and O–H groups in total. The summed E-state index contributed by atoms with van der Waals surface area (Å²) in [6.07, 6.45) is 6.30. The van der Waals surface area contributed by atoms with Gasteiger partial charge in [-0.2, -0.15) is 0 Å². The SMILES string of the molecule is CCCCn1cnc(-c2ccc(OC)c(OC)c2)c1.Cl. The highest BCUT2D eigenvalue weighted by Crippen LogP contribution is 2.31. The van der Waals surface area contributed by atoms with E-state index in [0.29, 0.717) is 0 Å². The molecule has 0 aliphatic carbocycles. The molecule has 0 atom stereocenters. The van der Waals surface area contributed by atoms with Crippen molar-refractivity contribution in [1.29, 1.82) is 0 Å². The molecule has 2 aromatic rings. The molecular formula is C15H21ClN2O2. The summed E-state index contributed by atoms with van der Waals surface area (Å²) in [5.41, 5.74) is 1.99. The van der Waals surface area contributed by atoms with Crippen molar-refractivity contribution in [1.82, 2.24) is 9.55 Å². The maximum Gasteiger partial charge on any atom is 0.161 e. The van der Waals surface area contributed by atoms with Gasteiger partial charge in [-0.05, 0) is 24.6 Å². The van der Waals surface area contributed by atoms with Crippen LogP contribution in [0, 0.1) is 0 Å². The van der Waals surface area contributed by atoms with E-state index in [2.05, 4.69) is 22.7 Å². The Hall–Kier alpha value is -1.68. The van der Waals surface area contributed by atoms with Crippen molar-refractivity contribution in [3.05, 3.63) is 30.7 Å². The van der Waals surface area contributed by atoms with Crippen LogP contribution in [0.1, 0.15) is 19.8 Å². The lowest BCUT2D eigenvalue weighted by Gasteiger charge is -2.08. The van der Waals surface area contributed by atoms with Gasteiger partial charge in [0.05, 0.1) is 26.2 Å². The van der Waals surface area contributed by atoms with Crippen molar-refractivity contribution in [2.24, 2.45) is 0 Å². The van der Waals surface area contributed by atoms with Gasteiger partial charge in [0.1, 0.15) is 0 Å². The summed E-state index contributed by atoms with van der Waals surface area (Å²) < 4.78 is 12.7. The van der Waals surface area contributed by atoms with Gasteiger partial charge in [-0.1, -0.05) is 13.3 Å². The van der Waals surface area contributed by atoms with Crippen molar-refractivity contribution in [2.45, 2.75) is 26.3 Å². The number of ether oxygens (including phenoxy) is 2. The van der Waals surface area contributed by atoms with E-state index in [1.165, 1.54) is 12.8 Å². The van der Waals surface area contributed by atoms with Crippen LogP contribution in [-0.2, 0) is 6.54 Å². The number of benzene rings is 1. The van der Waals surface area contributed by atoms with E-state index < -0.39 is 0 Å². The molecule has 0 saturated heterocycles. The Labute approximate surface area is 126 Å². The van der Waals surface area contributed by atoms with Gasteiger partial charge in [-0.25, -0.2) is 4.98 Å². The summed E-state index contributed by atoms with van der Waals surface area (Å²) >= 11 is 0. The molecule has 0 amide bonds. The predicted molar refractivity (Wildman–Crippen MR) is 82.9 cm³/mol. The Kier molecular flexibility index (Phi) is 6.39. The highest BCUT2D eigenvalue weighted by molar-refractivity contribution is 5.85. The zero-order chi connectivity index (χ0) is 13.7. The van der Waals surface area contributed by atoms with Crippen molar-refractivity contribution in [3.63, 3.8) is 0 Å². The number of aromatic nitrogens is 2. The van der Waals surface area contributed by atoms with Crippen molar-refractivity contribution < 1.29 is 9.47 Å². The van der Waals surface area contributed by atoms with Gasteiger partial charge in [0.2, 0.25) is 0 Å². The van der Waals surface area contributed by atoms with Crippen LogP contribution >= 0.6 is 12.4 Å². The minimum Gasteiger partial charge on any atom is -0.493 e. The van der Waals surface area contributed by atoms with Crippen molar-refractivity contribution in [2.75, 3.05) is 14.2 Å². The lowest BCUT2D eigenvalue weighted by molar-refractivity contribution is 0.355. The molecule has 20 heavy (non-hydrogen) atoms. The number of rotatable bonds is 6. The first kappa shape index (κ1) is 16.4. The number of imidazole rings is 1. The van der Waals surface area contributed by atoms with E-state index in [0.717, 1.165) is 29.3 Å². The van der Waals surface area contributed by atoms with Gasteiger partial charge in [-0.3, -0.25) is 0 Å². The monoisotopic (exact) mass is 296 g/mol. The van der Waals surface area contributed by atoms with E-state index in [9.17, 15) is 0 Å². The summed E-state index contributed by atoms with van der Waals surface area (Å²) in [6, 6.07) is 5.85. The number of methoxy groups -OCH3 is 2. The molecule has 0 fully saturated rings. The van der Waals surface area contributed by atoms with Crippen LogP contribution in [0.3, 0.4) is 0 Å². The maximum atomic E-state index is 5.31. The molecule has 0 radical (unpaired) electrons. The minimum atomic E-state index is 0. The third-order valence-corrected chi connectivity index (χ3v) is 3.08. The van der Waals surface area contributed by atoms with Gasteiger partial charge in [0.15, 0.2) is 11.5 Å². The van der Waals surface area contributed by atoms with E-state index >= 15 is 0 Å². The number of nitrogens with zero attached hydrogens (tertiary/aromatic N) is 2. The predicted octanol–water partition coefficient (Wildman–Crippen LogP) is 3.79. The lowest BCUT2D eigenvalue weighted by atomic mass is 10.1. The molecule has 0 aliphatic heterocycles. The zero-order valence-electron chi connectivity index (χ0n) is 12.1. The Morgan fingerprint density at radius 3 is 2.55 bits per heavy atom. The molecule has 5 heteroatoms. The Bertz CT molecular complexity index is 540. The van der Waals surface area contributed by atoms with Crippen LogP contribution in [0.25, 0.3) is 11.3 Å². The Morgan fingerprint density at radius 2 is 1.90 bits per heavy atom. The summed E-state index contributed by atoms with van der Waals surface area (Å²) in [7, 11) is 3.28. The highest BCUT2D eigenvalue weighted by Gasteiger charge is 2.08. The third-order valence-electron chi connectivity index (χ3n) is 3.08. The zero-order valence-corrected chi connectivity index (χ0v) is 12.9. The van der Waals surface area contributed by atoms with E-state index in [-0.39, 0.29) is 12.4 Å². The minimum absolute atomic E-state index is 0. The normalized spacial score (nSPS) is 9.95. The largest absolute Gasteiger partial charge is 0.493 e. The van der Waals surface area contributed by atoms with E-state index in [1.54, 1.807) is 14.2 Å². The van der Waals surface area contributed by atoms with Gasteiger partial charge in [0.25, 0.3) is 0 Å². The number of halogens is 1. The van der Waals surface area contributed by atoms with Gasteiger partial charge in [-0.15, -0.1) is 12.4 Å². The fraction of sp³-hybridized carbons (Fsp3) is 0.400. The van der Waals surface area contributed by atoms with Crippen LogP contribution in [0.15, 0.2) is 30.7 Å². The molecular weight excluding hydrogens is 276 g/mol. The van der Waals surface area contributed by atoms with Crippen molar-refractivity contribution in [3.8, 4) is 22.8 Å². The first-order valence-electron chi connectivity index (χ1n) is 6.52. The fourth-order valence-corrected chi connectivity index (χ4v) is 1.97. The molecule has 0 saturated carbocycles. The summed E-state index contributed by atoms with van der Waals surface area (Å²) in [6.45, 7) is 3.20. The first-order valence-corrected chi connectivity index (χ1v) is 6.52. The number of aryl methyl sites for hydroxylation is 1. The molecule has 0 spiro atoms. The van der Waals surface area contributed by atoms with Crippen LogP contribution in [0.2, 0.25) is 0 Å². The van der Waals surface area contributed by atoms with E-state index in [1.807, 2.05) is 24.5 Å². The smallest absolute Gasteiger partial charge is 0.161 e. The van der Waals surface area contributed by atoms with Crippen LogP contribution in [-0.4, -0.2) is 23.8 Å². The molecule has 1 aromatic carbocycles. The fourth-order valence-electron chi connectivity index (χ4n) is 1.97. The van der Waals surface area contributed by atoms with E-state index in [4.69, 9.17) is 9.47 Å². The summed E-state index contributed by atoms with van der Waals surface area (Å²) in [5.74, 6) is 1.46. The van der Waals surface area contributed by atoms with Crippen LogP contribution in [0.5, 0.6) is 11.5 Å². The third kappa shape index (κ3) is 3.67. The van der Waals surface area contributed by atoms with Gasteiger partial charge in [0, 0.05) is 18.3 Å². The molecule has 2 rings (SSSR count).